The van der Waals surface area contributed by atoms with Gasteiger partial charge in [-0.2, -0.15) is 0 Å². The lowest BCUT2D eigenvalue weighted by Gasteiger charge is -2.10. The summed E-state index contributed by atoms with van der Waals surface area (Å²) in [5.41, 5.74) is 6.41. The number of ether oxygens (including phenoxy) is 1. The zero-order valence-electron chi connectivity index (χ0n) is 14.9. The van der Waals surface area contributed by atoms with Gasteiger partial charge in [-0.25, -0.2) is 0 Å². The fourth-order valence-corrected chi connectivity index (χ4v) is 2.78. The first kappa shape index (κ1) is 17.3. The third-order valence-electron chi connectivity index (χ3n) is 4.50. The van der Waals surface area contributed by atoms with Gasteiger partial charge in [0.05, 0.1) is 7.11 Å². The van der Waals surface area contributed by atoms with Gasteiger partial charge in [0.15, 0.2) is 0 Å². The molecule has 0 atom stereocenters. The Morgan fingerprint density at radius 1 is 0.870 bits per heavy atom. The van der Waals surface area contributed by atoms with Crippen LogP contribution in [0.25, 0.3) is 12.2 Å². The summed E-state index contributed by atoms with van der Waals surface area (Å²) in [6.45, 7) is 6.50. The van der Waals surface area contributed by atoms with E-state index in [1.165, 1.54) is 53.5 Å². The Balaban J connectivity index is 2.07. The van der Waals surface area contributed by atoms with Gasteiger partial charge >= 0.3 is 0 Å². The van der Waals surface area contributed by atoms with Gasteiger partial charge in [0, 0.05) is 0 Å². The Morgan fingerprint density at radius 3 is 2.26 bits per heavy atom. The minimum atomic E-state index is 0.955. The number of unbranched alkanes of at least 4 members (excludes halogenated alkanes) is 2. The van der Waals surface area contributed by atoms with Crippen molar-refractivity contribution in [3.8, 4) is 5.75 Å². The predicted octanol–water partition coefficient (Wildman–Crippen LogP) is 6.22. The van der Waals surface area contributed by atoms with Crippen molar-refractivity contribution >= 4 is 12.2 Å². The number of benzene rings is 2. The molecule has 0 aliphatic carbocycles. The summed E-state index contributed by atoms with van der Waals surface area (Å²) in [4.78, 5) is 0. The van der Waals surface area contributed by atoms with Crippen LogP contribution < -0.4 is 4.74 Å². The minimum Gasteiger partial charge on any atom is -0.496 e. The normalized spacial score (nSPS) is 11.1. The summed E-state index contributed by atoms with van der Waals surface area (Å²) in [6.07, 6.45) is 9.45. The van der Waals surface area contributed by atoms with Crippen LogP contribution in [0.1, 0.15) is 54.0 Å². The molecule has 0 radical (unpaired) electrons. The maximum atomic E-state index is 5.37. The van der Waals surface area contributed by atoms with E-state index in [9.17, 15) is 0 Å². The van der Waals surface area contributed by atoms with Crippen LogP contribution in [0, 0.1) is 13.8 Å². The lowest BCUT2D eigenvalue weighted by atomic mass is 10.0. The van der Waals surface area contributed by atoms with Gasteiger partial charge in [-0.05, 0) is 60.6 Å². The molecule has 0 unspecified atom stereocenters. The molecule has 0 aliphatic rings. The number of hydrogen-bond acceptors (Lipinski definition) is 1. The highest BCUT2D eigenvalue weighted by Gasteiger charge is 2.04. The molecule has 0 fully saturated rings. The van der Waals surface area contributed by atoms with Gasteiger partial charge < -0.3 is 4.74 Å². The van der Waals surface area contributed by atoms with Gasteiger partial charge in [0.1, 0.15) is 5.75 Å². The van der Waals surface area contributed by atoms with Crippen LogP contribution >= 0.6 is 0 Å². The van der Waals surface area contributed by atoms with Crippen molar-refractivity contribution in [2.24, 2.45) is 0 Å². The van der Waals surface area contributed by atoms with E-state index in [-0.39, 0.29) is 0 Å². The number of hydrogen-bond donors (Lipinski definition) is 0. The molecule has 1 nitrogen and oxygen atoms in total. The van der Waals surface area contributed by atoms with Crippen LogP contribution in [-0.2, 0) is 6.42 Å². The first-order valence-corrected chi connectivity index (χ1v) is 8.57. The van der Waals surface area contributed by atoms with Crippen LogP contribution in [0.5, 0.6) is 5.75 Å². The van der Waals surface area contributed by atoms with E-state index in [0.717, 1.165) is 5.75 Å². The molecule has 2 rings (SSSR count). The first-order valence-electron chi connectivity index (χ1n) is 8.57. The average molecular weight is 308 g/mol. The third-order valence-corrected chi connectivity index (χ3v) is 4.50. The van der Waals surface area contributed by atoms with Crippen LogP contribution in [0.4, 0.5) is 0 Å². The average Bonchev–Trinajstić information content (AvgIpc) is 2.58. The molecule has 0 saturated carbocycles. The molecule has 0 spiro atoms. The largest absolute Gasteiger partial charge is 0.496 e. The molecule has 0 aromatic heterocycles. The van der Waals surface area contributed by atoms with Crippen molar-refractivity contribution in [1.29, 1.82) is 0 Å². The van der Waals surface area contributed by atoms with Crippen LogP contribution in [0.2, 0.25) is 0 Å². The second-order valence-corrected chi connectivity index (χ2v) is 6.14. The molecular weight excluding hydrogens is 280 g/mol. The van der Waals surface area contributed by atoms with Crippen LogP contribution in [0.3, 0.4) is 0 Å². The highest BCUT2D eigenvalue weighted by atomic mass is 16.5. The van der Waals surface area contributed by atoms with Crippen molar-refractivity contribution in [3.05, 3.63) is 64.2 Å². The molecule has 0 heterocycles. The van der Waals surface area contributed by atoms with Crippen molar-refractivity contribution in [2.75, 3.05) is 7.11 Å². The van der Waals surface area contributed by atoms with Crippen molar-refractivity contribution < 1.29 is 4.74 Å². The van der Waals surface area contributed by atoms with E-state index in [1.54, 1.807) is 7.11 Å². The zero-order valence-corrected chi connectivity index (χ0v) is 14.9. The van der Waals surface area contributed by atoms with E-state index in [4.69, 9.17) is 4.74 Å². The summed E-state index contributed by atoms with van der Waals surface area (Å²) in [5.74, 6) is 0.955. The highest BCUT2D eigenvalue weighted by Crippen LogP contribution is 2.25. The third kappa shape index (κ3) is 4.72. The van der Waals surface area contributed by atoms with Crippen molar-refractivity contribution in [3.63, 3.8) is 0 Å². The molecule has 0 N–H and O–H groups in total. The van der Waals surface area contributed by atoms with E-state index in [2.05, 4.69) is 63.3 Å². The zero-order chi connectivity index (χ0) is 16.7. The number of methoxy groups -OCH3 is 1. The van der Waals surface area contributed by atoms with E-state index in [0.29, 0.717) is 0 Å². The lowest BCUT2D eigenvalue weighted by Crippen LogP contribution is -1.92. The number of rotatable bonds is 7. The van der Waals surface area contributed by atoms with E-state index < -0.39 is 0 Å². The molecule has 0 saturated heterocycles. The molecule has 0 bridgehead atoms. The molecule has 2 aromatic rings. The second kappa shape index (κ2) is 8.57. The van der Waals surface area contributed by atoms with Gasteiger partial charge in [-0.15, -0.1) is 0 Å². The Kier molecular flexibility index (Phi) is 6.46. The van der Waals surface area contributed by atoms with Gasteiger partial charge in [0.2, 0.25) is 0 Å². The number of aryl methyl sites for hydroxylation is 1. The van der Waals surface area contributed by atoms with E-state index in [1.807, 2.05) is 6.07 Å². The lowest BCUT2D eigenvalue weighted by molar-refractivity contribution is 0.411. The Hall–Kier alpha value is -2.02. The van der Waals surface area contributed by atoms with Gasteiger partial charge in [-0.1, -0.05) is 62.2 Å². The molecule has 0 aliphatic heterocycles. The predicted molar refractivity (Wildman–Crippen MR) is 101 cm³/mol. The maximum absolute atomic E-state index is 5.37. The topological polar surface area (TPSA) is 9.23 Å². The van der Waals surface area contributed by atoms with Gasteiger partial charge in [0.25, 0.3) is 0 Å². The molecule has 1 heteroatoms. The van der Waals surface area contributed by atoms with Crippen LogP contribution in [-0.4, -0.2) is 7.11 Å². The minimum absolute atomic E-state index is 0.955. The molecule has 2 aromatic carbocycles. The summed E-state index contributed by atoms with van der Waals surface area (Å²) in [6, 6.07) is 13.1. The Bertz CT molecular complexity index is 650. The molecule has 23 heavy (non-hydrogen) atoms. The quantitative estimate of drug-likeness (QED) is 0.436. The molecule has 0 amide bonds. The standard InChI is InChI=1S/C22H28O/c1-5-6-7-8-19-9-11-20(12-10-19)13-14-21-15-16-22(23-4)18(3)17(21)2/h9-16H,5-8H2,1-4H3. The monoisotopic (exact) mass is 308 g/mol. The second-order valence-electron chi connectivity index (χ2n) is 6.14. The summed E-state index contributed by atoms with van der Waals surface area (Å²) in [7, 11) is 1.72. The Labute approximate surface area is 141 Å². The highest BCUT2D eigenvalue weighted by molar-refractivity contribution is 5.72. The van der Waals surface area contributed by atoms with E-state index >= 15 is 0 Å². The molecule has 122 valence electrons. The SMILES string of the molecule is CCCCCc1ccc(C=Cc2ccc(OC)c(C)c2C)cc1. The maximum Gasteiger partial charge on any atom is 0.122 e. The summed E-state index contributed by atoms with van der Waals surface area (Å²) >= 11 is 0. The first-order chi connectivity index (χ1) is 11.2. The summed E-state index contributed by atoms with van der Waals surface area (Å²) in [5, 5.41) is 0. The Morgan fingerprint density at radius 2 is 1.61 bits per heavy atom. The van der Waals surface area contributed by atoms with Crippen molar-refractivity contribution in [1.82, 2.24) is 0 Å². The summed E-state index contributed by atoms with van der Waals surface area (Å²) < 4.78 is 5.37. The van der Waals surface area contributed by atoms with Crippen molar-refractivity contribution in [2.45, 2.75) is 46.5 Å². The van der Waals surface area contributed by atoms with Gasteiger partial charge in [-0.3, -0.25) is 0 Å². The fraction of sp³-hybridized carbons (Fsp3) is 0.364. The fourth-order valence-electron chi connectivity index (χ4n) is 2.78. The smallest absolute Gasteiger partial charge is 0.122 e. The van der Waals surface area contributed by atoms with Crippen LogP contribution in [0.15, 0.2) is 36.4 Å². The molecular formula is C22H28O.